The molecular weight excluding hydrogens is 226 g/mol. The number of non-ortho nitro benzene ring substituents is 1. The summed E-state index contributed by atoms with van der Waals surface area (Å²) in [6.07, 6.45) is 2.98. The third-order valence-electron chi connectivity index (χ3n) is 2.17. The minimum Gasteiger partial charge on any atom is -0.478 e. The molecule has 86 valence electrons. The van der Waals surface area contributed by atoms with Crippen LogP contribution < -0.4 is 0 Å². The van der Waals surface area contributed by atoms with E-state index in [4.69, 9.17) is 5.11 Å². The van der Waals surface area contributed by atoms with Crippen LogP contribution in [-0.2, 0) is 0 Å². The van der Waals surface area contributed by atoms with Gasteiger partial charge in [-0.15, -0.1) is 0 Å². The molecule has 2 aromatic rings. The average molecular weight is 233 g/mol. The van der Waals surface area contributed by atoms with Gasteiger partial charge in [-0.05, 0) is 12.1 Å². The summed E-state index contributed by atoms with van der Waals surface area (Å²) < 4.78 is 1.27. The van der Waals surface area contributed by atoms with Gasteiger partial charge in [0.2, 0.25) is 0 Å². The zero-order valence-corrected chi connectivity index (χ0v) is 8.48. The second-order valence-corrected chi connectivity index (χ2v) is 3.21. The zero-order chi connectivity index (χ0) is 12.4. The first-order chi connectivity index (χ1) is 8.09. The molecular formula is C10H7N3O4. The van der Waals surface area contributed by atoms with Crippen LogP contribution in [0.5, 0.6) is 0 Å². The van der Waals surface area contributed by atoms with Crippen LogP contribution in [0.2, 0.25) is 0 Å². The normalized spacial score (nSPS) is 10.1. The molecule has 1 aromatic heterocycles. The fourth-order valence-corrected chi connectivity index (χ4v) is 1.42. The lowest BCUT2D eigenvalue weighted by Crippen LogP contribution is -2.06. The van der Waals surface area contributed by atoms with Crippen molar-refractivity contribution in [1.29, 1.82) is 0 Å². The van der Waals surface area contributed by atoms with Crippen LogP contribution in [-0.4, -0.2) is 25.8 Å². The Morgan fingerprint density at radius 3 is 2.76 bits per heavy atom. The topological polar surface area (TPSA) is 98.3 Å². The highest BCUT2D eigenvalue weighted by Gasteiger charge is 2.16. The lowest BCUT2D eigenvalue weighted by molar-refractivity contribution is -0.384. The predicted molar refractivity (Wildman–Crippen MR) is 57.2 cm³/mol. The Hall–Kier alpha value is -2.70. The summed E-state index contributed by atoms with van der Waals surface area (Å²) in [4.78, 5) is 21.0. The van der Waals surface area contributed by atoms with E-state index in [1.165, 1.54) is 29.2 Å². The Labute approximate surface area is 95.1 Å². The summed E-state index contributed by atoms with van der Waals surface area (Å²) in [5, 5.41) is 23.5. The Bertz CT molecular complexity index is 577. The SMILES string of the molecule is O=C(O)c1ccc([N+](=O)[O-])cc1-n1cccn1. The van der Waals surface area contributed by atoms with Gasteiger partial charge in [-0.1, -0.05) is 0 Å². The highest BCUT2D eigenvalue weighted by Crippen LogP contribution is 2.21. The monoisotopic (exact) mass is 233 g/mol. The van der Waals surface area contributed by atoms with E-state index < -0.39 is 10.9 Å². The largest absolute Gasteiger partial charge is 0.478 e. The van der Waals surface area contributed by atoms with Crippen LogP contribution in [0.3, 0.4) is 0 Å². The number of rotatable bonds is 3. The lowest BCUT2D eigenvalue weighted by Gasteiger charge is -2.05. The van der Waals surface area contributed by atoms with Crippen LogP contribution in [0.15, 0.2) is 36.7 Å². The molecule has 0 aliphatic heterocycles. The van der Waals surface area contributed by atoms with Crippen LogP contribution in [0.4, 0.5) is 5.69 Å². The van der Waals surface area contributed by atoms with Gasteiger partial charge in [-0.3, -0.25) is 10.1 Å². The number of carboxylic acid groups (broad SMARTS) is 1. The van der Waals surface area contributed by atoms with E-state index in [0.29, 0.717) is 0 Å². The minimum absolute atomic E-state index is 0.0423. The molecule has 1 N–H and O–H groups in total. The molecule has 0 saturated heterocycles. The smallest absolute Gasteiger partial charge is 0.337 e. The van der Waals surface area contributed by atoms with Gasteiger partial charge < -0.3 is 5.11 Å². The molecule has 0 spiro atoms. The number of hydrogen-bond donors (Lipinski definition) is 1. The highest BCUT2D eigenvalue weighted by molar-refractivity contribution is 5.92. The number of carboxylic acids is 1. The van der Waals surface area contributed by atoms with Crippen LogP contribution in [0, 0.1) is 10.1 Å². The third kappa shape index (κ3) is 1.98. The van der Waals surface area contributed by atoms with Crippen molar-refractivity contribution in [1.82, 2.24) is 9.78 Å². The highest BCUT2D eigenvalue weighted by atomic mass is 16.6. The number of carbonyl (C=O) groups is 1. The summed E-state index contributed by atoms with van der Waals surface area (Å²) in [6.45, 7) is 0. The molecule has 7 nitrogen and oxygen atoms in total. The van der Waals surface area contributed by atoms with E-state index in [1.54, 1.807) is 6.07 Å². The van der Waals surface area contributed by atoms with Gasteiger partial charge in [0.1, 0.15) is 0 Å². The van der Waals surface area contributed by atoms with Crippen molar-refractivity contribution in [3.05, 3.63) is 52.3 Å². The van der Waals surface area contributed by atoms with Crippen molar-refractivity contribution in [2.45, 2.75) is 0 Å². The van der Waals surface area contributed by atoms with E-state index in [0.717, 1.165) is 6.07 Å². The molecule has 7 heteroatoms. The Morgan fingerprint density at radius 1 is 1.47 bits per heavy atom. The quantitative estimate of drug-likeness (QED) is 0.639. The maximum Gasteiger partial charge on any atom is 0.337 e. The summed E-state index contributed by atoms with van der Waals surface area (Å²) in [7, 11) is 0. The van der Waals surface area contributed by atoms with Crippen molar-refractivity contribution in [3.63, 3.8) is 0 Å². The number of benzene rings is 1. The molecule has 0 bridgehead atoms. The predicted octanol–water partition coefficient (Wildman–Crippen LogP) is 1.48. The van der Waals surface area contributed by atoms with Gasteiger partial charge >= 0.3 is 5.97 Å². The second kappa shape index (κ2) is 4.05. The molecule has 0 amide bonds. The molecule has 0 unspecified atom stereocenters. The van der Waals surface area contributed by atoms with Gasteiger partial charge in [0.25, 0.3) is 5.69 Å². The summed E-state index contributed by atoms with van der Waals surface area (Å²) >= 11 is 0. The van der Waals surface area contributed by atoms with Gasteiger partial charge in [0, 0.05) is 24.5 Å². The zero-order valence-electron chi connectivity index (χ0n) is 8.48. The lowest BCUT2D eigenvalue weighted by atomic mass is 10.1. The van der Waals surface area contributed by atoms with Gasteiger partial charge in [0.05, 0.1) is 16.2 Å². The summed E-state index contributed by atoms with van der Waals surface area (Å²) in [5.41, 5.74) is -0.0588. The van der Waals surface area contributed by atoms with Crippen LogP contribution >= 0.6 is 0 Å². The van der Waals surface area contributed by atoms with Crippen molar-refractivity contribution in [3.8, 4) is 5.69 Å². The standard InChI is InChI=1S/C10H7N3O4/c14-10(15)8-3-2-7(13(16)17)6-9(8)12-5-1-4-11-12/h1-6H,(H,14,15). The molecule has 0 saturated carbocycles. The van der Waals surface area contributed by atoms with Gasteiger partial charge in [-0.2, -0.15) is 5.10 Å². The second-order valence-electron chi connectivity index (χ2n) is 3.21. The Kier molecular flexibility index (Phi) is 2.57. The molecule has 1 heterocycles. The first kappa shape index (κ1) is 10.8. The fraction of sp³-hybridized carbons (Fsp3) is 0. The average Bonchev–Trinajstić information content (AvgIpc) is 2.81. The van der Waals surface area contributed by atoms with E-state index in [1.807, 2.05) is 0 Å². The number of aromatic nitrogens is 2. The molecule has 2 rings (SSSR count). The Balaban J connectivity index is 2.64. The maximum atomic E-state index is 11.0. The minimum atomic E-state index is -1.16. The number of aromatic carboxylic acids is 1. The summed E-state index contributed by atoms with van der Waals surface area (Å²) in [6, 6.07) is 5.12. The molecule has 1 aromatic carbocycles. The van der Waals surface area contributed by atoms with Gasteiger partial charge in [-0.25, -0.2) is 9.48 Å². The van der Waals surface area contributed by atoms with Crippen molar-refractivity contribution >= 4 is 11.7 Å². The first-order valence-corrected chi connectivity index (χ1v) is 4.61. The molecule has 0 aliphatic rings. The molecule has 0 aliphatic carbocycles. The van der Waals surface area contributed by atoms with Crippen molar-refractivity contribution < 1.29 is 14.8 Å². The molecule has 17 heavy (non-hydrogen) atoms. The third-order valence-corrected chi connectivity index (χ3v) is 2.17. The number of nitrogens with zero attached hydrogens (tertiary/aromatic N) is 3. The molecule has 0 atom stereocenters. The van der Waals surface area contributed by atoms with E-state index in [2.05, 4.69) is 5.10 Å². The Morgan fingerprint density at radius 2 is 2.24 bits per heavy atom. The van der Waals surface area contributed by atoms with Crippen molar-refractivity contribution in [2.24, 2.45) is 0 Å². The number of hydrogen-bond acceptors (Lipinski definition) is 4. The van der Waals surface area contributed by atoms with E-state index in [-0.39, 0.29) is 16.9 Å². The first-order valence-electron chi connectivity index (χ1n) is 4.61. The maximum absolute atomic E-state index is 11.0. The van der Waals surface area contributed by atoms with E-state index >= 15 is 0 Å². The summed E-state index contributed by atoms with van der Waals surface area (Å²) in [5.74, 6) is -1.16. The number of nitro benzene ring substituents is 1. The molecule has 0 radical (unpaired) electrons. The van der Waals surface area contributed by atoms with Crippen LogP contribution in [0.1, 0.15) is 10.4 Å². The number of nitro groups is 1. The van der Waals surface area contributed by atoms with Crippen molar-refractivity contribution in [2.75, 3.05) is 0 Å². The fourth-order valence-electron chi connectivity index (χ4n) is 1.42. The van der Waals surface area contributed by atoms with Gasteiger partial charge in [0.15, 0.2) is 0 Å². The van der Waals surface area contributed by atoms with Crippen LogP contribution in [0.25, 0.3) is 5.69 Å². The van der Waals surface area contributed by atoms with E-state index in [9.17, 15) is 14.9 Å². The molecule has 0 fully saturated rings.